The number of aryl methyl sites for hydroxylation is 1. The third-order valence-corrected chi connectivity index (χ3v) is 3.94. The van der Waals surface area contributed by atoms with Crippen LogP contribution in [0.4, 0.5) is 5.69 Å². The molecule has 4 nitrogen and oxygen atoms in total. The van der Waals surface area contributed by atoms with Gasteiger partial charge in [0.25, 0.3) is 0 Å². The quantitative estimate of drug-likeness (QED) is 0.812. The van der Waals surface area contributed by atoms with Gasteiger partial charge in [0.1, 0.15) is 6.04 Å². The maximum atomic E-state index is 12.2. The molecule has 0 spiro atoms. The lowest BCUT2D eigenvalue weighted by Crippen LogP contribution is -2.37. The van der Waals surface area contributed by atoms with E-state index in [4.69, 9.17) is 4.74 Å². The van der Waals surface area contributed by atoms with E-state index in [0.29, 0.717) is 6.61 Å². The summed E-state index contributed by atoms with van der Waals surface area (Å²) in [6.07, 6.45) is 1.87. The van der Waals surface area contributed by atoms with Crippen LogP contribution in [0.5, 0.6) is 0 Å². The van der Waals surface area contributed by atoms with E-state index < -0.39 is 0 Å². The predicted octanol–water partition coefficient (Wildman–Crippen LogP) is 3.08. The van der Waals surface area contributed by atoms with Crippen molar-refractivity contribution in [3.05, 3.63) is 36.0 Å². The number of anilines is 1. The first-order chi connectivity index (χ1) is 10.2. The highest BCUT2D eigenvalue weighted by atomic mass is 16.5. The summed E-state index contributed by atoms with van der Waals surface area (Å²) in [6.45, 7) is 5.16. The number of esters is 1. The SMILES string of the molecule is CCOC(=O)C1CCCN1c1cc(C)nc2ccccc12. The molecule has 0 bridgehead atoms. The van der Waals surface area contributed by atoms with Gasteiger partial charge in [-0.3, -0.25) is 4.98 Å². The molecular weight excluding hydrogens is 264 g/mol. The number of hydrogen-bond acceptors (Lipinski definition) is 4. The van der Waals surface area contributed by atoms with E-state index in [1.807, 2.05) is 32.0 Å². The van der Waals surface area contributed by atoms with Crippen LogP contribution in [0.3, 0.4) is 0 Å². The lowest BCUT2D eigenvalue weighted by Gasteiger charge is -2.26. The van der Waals surface area contributed by atoms with Crippen LogP contribution in [0.2, 0.25) is 0 Å². The van der Waals surface area contributed by atoms with Crippen molar-refractivity contribution in [3.63, 3.8) is 0 Å². The lowest BCUT2D eigenvalue weighted by atomic mass is 10.1. The van der Waals surface area contributed by atoms with Gasteiger partial charge in [0.2, 0.25) is 0 Å². The molecule has 1 aromatic carbocycles. The second-order valence-electron chi connectivity index (χ2n) is 5.40. The van der Waals surface area contributed by atoms with Gasteiger partial charge in [0, 0.05) is 23.3 Å². The summed E-state index contributed by atoms with van der Waals surface area (Å²) in [5.74, 6) is -0.117. The fraction of sp³-hybridized carbons (Fsp3) is 0.412. The summed E-state index contributed by atoms with van der Waals surface area (Å²) in [7, 11) is 0. The molecule has 1 fully saturated rings. The molecule has 0 saturated carbocycles. The number of hydrogen-bond donors (Lipinski definition) is 0. The molecule has 1 aliphatic rings. The van der Waals surface area contributed by atoms with Crippen molar-refractivity contribution < 1.29 is 9.53 Å². The molecule has 0 amide bonds. The molecule has 1 aliphatic heterocycles. The van der Waals surface area contributed by atoms with Gasteiger partial charge in [-0.1, -0.05) is 18.2 Å². The number of pyridine rings is 1. The topological polar surface area (TPSA) is 42.4 Å². The second-order valence-corrected chi connectivity index (χ2v) is 5.40. The Kier molecular flexibility index (Phi) is 3.78. The Hall–Kier alpha value is -2.10. The highest BCUT2D eigenvalue weighted by molar-refractivity contribution is 5.94. The number of benzene rings is 1. The minimum Gasteiger partial charge on any atom is -0.464 e. The van der Waals surface area contributed by atoms with Gasteiger partial charge >= 0.3 is 5.97 Å². The fourth-order valence-corrected chi connectivity index (χ4v) is 3.06. The largest absolute Gasteiger partial charge is 0.464 e. The van der Waals surface area contributed by atoms with E-state index in [2.05, 4.69) is 22.0 Å². The average Bonchev–Trinajstić information content (AvgIpc) is 2.96. The molecule has 4 heteroatoms. The molecule has 110 valence electrons. The zero-order valence-corrected chi connectivity index (χ0v) is 12.5. The number of fused-ring (bicyclic) bond motifs is 1. The van der Waals surface area contributed by atoms with Crippen LogP contribution in [-0.2, 0) is 9.53 Å². The number of carbonyl (C=O) groups excluding carboxylic acids is 1. The molecule has 1 saturated heterocycles. The molecule has 1 unspecified atom stereocenters. The van der Waals surface area contributed by atoms with Crippen molar-refractivity contribution in [2.24, 2.45) is 0 Å². The Balaban J connectivity index is 2.04. The molecule has 2 aromatic rings. The first-order valence-electron chi connectivity index (χ1n) is 7.50. The molecule has 3 rings (SSSR count). The summed E-state index contributed by atoms with van der Waals surface area (Å²) < 4.78 is 5.22. The normalized spacial score (nSPS) is 18.2. The van der Waals surface area contributed by atoms with E-state index in [0.717, 1.165) is 41.7 Å². The van der Waals surface area contributed by atoms with Crippen molar-refractivity contribution >= 4 is 22.6 Å². The maximum Gasteiger partial charge on any atom is 0.328 e. The minimum absolute atomic E-state index is 0.117. The summed E-state index contributed by atoms with van der Waals surface area (Å²) in [4.78, 5) is 18.9. The average molecular weight is 284 g/mol. The molecular formula is C17H20N2O2. The van der Waals surface area contributed by atoms with Gasteiger partial charge in [0.05, 0.1) is 12.1 Å². The van der Waals surface area contributed by atoms with Crippen molar-refractivity contribution in [2.75, 3.05) is 18.1 Å². The van der Waals surface area contributed by atoms with Gasteiger partial charge in [-0.15, -0.1) is 0 Å². The highest BCUT2D eigenvalue weighted by Crippen LogP contribution is 2.32. The van der Waals surface area contributed by atoms with Gasteiger partial charge in [-0.25, -0.2) is 4.79 Å². The van der Waals surface area contributed by atoms with E-state index >= 15 is 0 Å². The van der Waals surface area contributed by atoms with Crippen LogP contribution >= 0.6 is 0 Å². The summed E-state index contributed by atoms with van der Waals surface area (Å²) in [5.41, 5.74) is 3.04. The van der Waals surface area contributed by atoms with Crippen LogP contribution in [0.15, 0.2) is 30.3 Å². The second kappa shape index (κ2) is 5.72. The van der Waals surface area contributed by atoms with Crippen LogP contribution < -0.4 is 4.90 Å². The van der Waals surface area contributed by atoms with Crippen LogP contribution in [0, 0.1) is 6.92 Å². The van der Waals surface area contributed by atoms with Crippen molar-refractivity contribution in [1.29, 1.82) is 0 Å². The smallest absolute Gasteiger partial charge is 0.328 e. The van der Waals surface area contributed by atoms with Crippen LogP contribution in [0.1, 0.15) is 25.5 Å². The predicted molar refractivity (Wildman–Crippen MR) is 83.5 cm³/mol. The number of carbonyl (C=O) groups is 1. The molecule has 0 aliphatic carbocycles. The zero-order valence-electron chi connectivity index (χ0n) is 12.5. The van der Waals surface area contributed by atoms with E-state index in [1.54, 1.807) is 0 Å². The zero-order chi connectivity index (χ0) is 14.8. The Morgan fingerprint density at radius 3 is 3.05 bits per heavy atom. The fourth-order valence-electron chi connectivity index (χ4n) is 3.06. The van der Waals surface area contributed by atoms with Crippen LogP contribution in [0.25, 0.3) is 10.9 Å². The highest BCUT2D eigenvalue weighted by Gasteiger charge is 2.32. The third-order valence-electron chi connectivity index (χ3n) is 3.94. The maximum absolute atomic E-state index is 12.2. The first kappa shape index (κ1) is 13.9. The number of para-hydroxylation sites is 1. The van der Waals surface area contributed by atoms with Crippen LogP contribution in [-0.4, -0.2) is 30.1 Å². The first-order valence-corrected chi connectivity index (χ1v) is 7.50. The van der Waals surface area contributed by atoms with E-state index in [1.165, 1.54) is 0 Å². The Morgan fingerprint density at radius 2 is 2.24 bits per heavy atom. The summed E-state index contributed by atoms with van der Waals surface area (Å²) in [6, 6.07) is 9.98. The number of ether oxygens (including phenoxy) is 1. The number of aromatic nitrogens is 1. The molecule has 0 radical (unpaired) electrons. The van der Waals surface area contributed by atoms with Gasteiger partial charge < -0.3 is 9.64 Å². The third kappa shape index (κ3) is 2.58. The molecule has 1 atom stereocenters. The van der Waals surface area contributed by atoms with Gasteiger partial charge in [-0.2, -0.15) is 0 Å². The van der Waals surface area contributed by atoms with Crippen molar-refractivity contribution in [1.82, 2.24) is 4.98 Å². The number of nitrogens with zero attached hydrogens (tertiary/aromatic N) is 2. The van der Waals surface area contributed by atoms with E-state index in [9.17, 15) is 4.79 Å². The van der Waals surface area contributed by atoms with Crippen molar-refractivity contribution in [3.8, 4) is 0 Å². The Labute approximate surface area is 124 Å². The lowest BCUT2D eigenvalue weighted by molar-refractivity contribution is -0.144. The standard InChI is InChI=1S/C17H20N2O2/c1-3-21-17(20)15-9-6-10-19(15)16-11-12(2)18-14-8-5-4-7-13(14)16/h4-5,7-8,11,15H,3,6,9-10H2,1-2H3. The molecule has 1 aromatic heterocycles. The Bertz CT molecular complexity index is 669. The van der Waals surface area contributed by atoms with E-state index in [-0.39, 0.29) is 12.0 Å². The minimum atomic E-state index is -0.171. The molecule has 21 heavy (non-hydrogen) atoms. The molecule has 0 N–H and O–H groups in total. The van der Waals surface area contributed by atoms with Gasteiger partial charge in [-0.05, 0) is 38.8 Å². The monoisotopic (exact) mass is 284 g/mol. The van der Waals surface area contributed by atoms with Crippen molar-refractivity contribution in [2.45, 2.75) is 32.7 Å². The van der Waals surface area contributed by atoms with Gasteiger partial charge in [0.15, 0.2) is 0 Å². The number of rotatable bonds is 3. The Morgan fingerprint density at radius 1 is 1.43 bits per heavy atom. The summed E-state index contributed by atoms with van der Waals surface area (Å²) >= 11 is 0. The molecule has 2 heterocycles. The summed E-state index contributed by atoms with van der Waals surface area (Å²) in [5, 5.41) is 1.10.